The Balaban J connectivity index is 1.86. The van der Waals surface area contributed by atoms with Crippen LogP contribution in [0.25, 0.3) is 33.4 Å². The molecule has 162 valence electrons. The highest BCUT2D eigenvalue weighted by molar-refractivity contribution is 6.28. The lowest BCUT2D eigenvalue weighted by molar-refractivity contribution is 0.103. The topological polar surface area (TPSA) is 68.9 Å². The third-order valence-corrected chi connectivity index (χ3v) is 6.08. The molecule has 5 nitrogen and oxygen atoms in total. The first-order chi connectivity index (χ1) is 15.2. The number of phenols is 1. The van der Waals surface area contributed by atoms with Crippen molar-refractivity contribution in [2.45, 2.75) is 26.2 Å². The summed E-state index contributed by atoms with van der Waals surface area (Å²) in [6.07, 6.45) is 0. The van der Waals surface area contributed by atoms with Crippen LogP contribution in [0.4, 0.5) is 0 Å². The van der Waals surface area contributed by atoms with Crippen LogP contribution in [0.2, 0.25) is 0 Å². The van der Waals surface area contributed by atoms with E-state index in [2.05, 4.69) is 32.9 Å². The van der Waals surface area contributed by atoms with E-state index in [0.29, 0.717) is 39.4 Å². The molecule has 1 heterocycles. The van der Waals surface area contributed by atoms with E-state index in [9.17, 15) is 9.90 Å². The Morgan fingerprint density at radius 3 is 2.09 bits per heavy atom. The van der Waals surface area contributed by atoms with Crippen LogP contribution < -0.4 is 9.47 Å². The van der Waals surface area contributed by atoms with E-state index in [1.54, 1.807) is 25.3 Å². The van der Waals surface area contributed by atoms with Gasteiger partial charge in [0.15, 0.2) is 5.78 Å². The molecule has 5 heteroatoms. The number of furan rings is 1. The number of hydrogen-bond donors (Lipinski definition) is 1. The van der Waals surface area contributed by atoms with Crippen molar-refractivity contribution in [1.82, 2.24) is 0 Å². The summed E-state index contributed by atoms with van der Waals surface area (Å²) < 4.78 is 17.1. The summed E-state index contributed by atoms with van der Waals surface area (Å²) in [5, 5.41) is 11.4. The van der Waals surface area contributed by atoms with E-state index >= 15 is 0 Å². The summed E-state index contributed by atoms with van der Waals surface area (Å²) in [5.41, 5.74) is 4.73. The first-order valence-corrected chi connectivity index (χ1v) is 10.4. The van der Waals surface area contributed by atoms with Crippen molar-refractivity contribution in [3.05, 3.63) is 65.2 Å². The van der Waals surface area contributed by atoms with Crippen molar-refractivity contribution in [2.24, 2.45) is 0 Å². The van der Waals surface area contributed by atoms with Crippen molar-refractivity contribution < 1.29 is 23.8 Å². The molecule has 4 aromatic rings. The van der Waals surface area contributed by atoms with Gasteiger partial charge in [0.1, 0.15) is 28.6 Å². The Hall–Kier alpha value is -3.73. The maximum atomic E-state index is 13.4. The molecular weight excluding hydrogens is 404 g/mol. The maximum absolute atomic E-state index is 13.4. The number of rotatable bonds is 3. The monoisotopic (exact) mass is 428 g/mol. The number of carbonyl (C=O) groups is 1. The molecule has 1 aliphatic rings. The molecule has 3 aromatic carbocycles. The molecule has 5 rings (SSSR count). The SMILES string of the molecule is COc1cc(O)c2c(c1)-c1c(-c3ccc(C(C)(C)C)cc3)oc3cc(OC)cc(c13)C2=O. The third-order valence-electron chi connectivity index (χ3n) is 6.08. The fourth-order valence-corrected chi connectivity index (χ4v) is 4.37. The Kier molecular flexibility index (Phi) is 4.35. The van der Waals surface area contributed by atoms with Crippen LogP contribution in [-0.4, -0.2) is 25.1 Å². The van der Waals surface area contributed by atoms with Crippen molar-refractivity contribution in [1.29, 1.82) is 0 Å². The van der Waals surface area contributed by atoms with Gasteiger partial charge in [-0.25, -0.2) is 0 Å². The van der Waals surface area contributed by atoms with E-state index < -0.39 is 0 Å². The lowest BCUT2D eigenvalue weighted by Gasteiger charge is -2.20. The maximum Gasteiger partial charge on any atom is 0.198 e. The second-order valence-corrected chi connectivity index (χ2v) is 9.08. The van der Waals surface area contributed by atoms with Crippen LogP contribution in [0.1, 0.15) is 42.3 Å². The normalized spacial score (nSPS) is 12.7. The Morgan fingerprint density at radius 1 is 0.844 bits per heavy atom. The van der Waals surface area contributed by atoms with Crippen LogP contribution in [0.5, 0.6) is 17.2 Å². The van der Waals surface area contributed by atoms with Crippen LogP contribution in [-0.2, 0) is 5.41 Å². The molecule has 0 spiro atoms. The molecule has 0 unspecified atom stereocenters. The van der Waals surface area contributed by atoms with Crippen molar-refractivity contribution in [3.63, 3.8) is 0 Å². The van der Waals surface area contributed by atoms with Crippen molar-refractivity contribution in [2.75, 3.05) is 14.2 Å². The van der Waals surface area contributed by atoms with E-state index in [0.717, 1.165) is 11.1 Å². The molecular formula is C27H24O5. The van der Waals surface area contributed by atoms with Crippen molar-refractivity contribution >= 4 is 16.8 Å². The van der Waals surface area contributed by atoms with Crippen molar-refractivity contribution in [3.8, 4) is 39.7 Å². The number of aromatic hydroxyl groups is 1. The first-order valence-electron chi connectivity index (χ1n) is 10.4. The number of methoxy groups -OCH3 is 2. The number of phenolic OH excluding ortho intramolecular Hbond substituents is 1. The number of ketones is 1. The van der Waals surface area contributed by atoms with E-state index in [1.807, 2.05) is 12.1 Å². The predicted octanol–water partition coefficient (Wildman–Crippen LogP) is 6.33. The van der Waals surface area contributed by atoms with Gasteiger partial charge in [-0.2, -0.15) is 0 Å². The smallest absolute Gasteiger partial charge is 0.198 e. The van der Waals surface area contributed by atoms with Gasteiger partial charge in [-0.15, -0.1) is 0 Å². The van der Waals surface area contributed by atoms with Gasteiger partial charge in [0.05, 0.1) is 19.8 Å². The molecule has 0 aliphatic heterocycles. The second kappa shape index (κ2) is 6.89. The fourth-order valence-electron chi connectivity index (χ4n) is 4.37. The van der Waals surface area contributed by atoms with Gasteiger partial charge in [-0.1, -0.05) is 45.0 Å². The van der Waals surface area contributed by atoms with Gasteiger partial charge in [0, 0.05) is 39.8 Å². The molecule has 1 aromatic heterocycles. The first kappa shape index (κ1) is 20.2. The Morgan fingerprint density at radius 2 is 1.47 bits per heavy atom. The minimum absolute atomic E-state index is 0.0272. The summed E-state index contributed by atoms with van der Waals surface area (Å²) >= 11 is 0. The summed E-state index contributed by atoms with van der Waals surface area (Å²) in [6.45, 7) is 6.51. The Labute approximate surface area is 186 Å². The van der Waals surface area contributed by atoms with Crippen LogP contribution in [0, 0.1) is 0 Å². The number of benzene rings is 3. The zero-order valence-corrected chi connectivity index (χ0v) is 18.7. The Bertz CT molecular complexity index is 1380. The molecule has 0 radical (unpaired) electrons. The third kappa shape index (κ3) is 2.88. The van der Waals surface area contributed by atoms with Gasteiger partial charge < -0.3 is 19.0 Å². The minimum Gasteiger partial charge on any atom is -0.507 e. The summed E-state index contributed by atoms with van der Waals surface area (Å²) in [6, 6.07) is 15.0. The second-order valence-electron chi connectivity index (χ2n) is 9.08. The summed E-state index contributed by atoms with van der Waals surface area (Å²) in [4.78, 5) is 13.4. The van der Waals surface area contributed by atoms with Gasteiger partial charge in [-0.3, -0.25) is 4.79 Å². The van der Waals surface area contributed by atoms with Gasteiger partial charge in [-0.05, 0) is 23.1 Å². The molecule has 0 saturated carbocycles. The molecule has 0 atom stereocenters. The quantitative estimate of drug-likeness (QED) is 0.364. The number of fused-ring (bicyclic) bond motifs is 2. The predicted molar refractivity (Wildman–Crippen MR) is 124 cm³/mol. The van der Waals surface area contributed by atoms with E-state index in [-0.39, 0.29) is 22.5 Å². The van der Waals surface area contributed by atoms with Gasteiger partial charge >= 0.3 is 0 Å². The minimum atomic E-state index is -0.271. The zero-order chi connectivity index (χ0) is 22.8. The molecule has 0 bridgehead atoms. The molecule has 1 N–H and O–H groups in total. The molecule has 32 heavy (non-hydrogen) atoms. The average Bonchev–Trinajstić information content (AvgIpc) is 3.16. The van der Waals surface area contributed by atoms with Gasteiger partial charge in [0.2, 0.25) is 0 Å². The number of hydrogen-bond acceptors (Lipinski definition) is 5. The average molecular weight is 428 g/mol. The lowest BCUT2D eigenvalue weighted by atomic mass is 9.82. The largest absolute Gasteiger partial charge is 0.507 e. The number of ether oxygens (including phenoxy) is 2. The summed E-state index contributed by atoms with van der Waals surface area (Å²) in [5.74, 6) is 1.23. The molecule has 0 fully saturated rings. The van der Waals surface area contributed by atoms with Gasteiger partial charge in [0.25, 0.3) is 0 Å². The van der Waals surface area contributed by atoms with Crippen LogP contribution in [0.3, 0.4) is 0 Å². The molecule has 1 aliphatic carbocycles. The highest BCUT2D eigenvalue weighted by atomic mass is 16.5. The van der Waals surface area contributed by atoms with E-state index in [1.165, 1.54) is 18.7 Å². The standard InChI is InChI=1S/C27H24O5/c1-27(2,3)15-8-6-14(7-9-15)26-24-18-10-16(30-4)12-20(28)22(18)25(29)19-11-17(31-5)13-21(32-26)23(19)24/h6-13,28H,1-5H3. The lowest BCUT2D eigenvalue weighted by Crippen LogP contribution is -2.11. The highest BCUT2D eigenvalue weighted by Crippen LogP contribution is 2.51. The van der Waals surface area contributed by atoms with Crippen LogP contribution in [0.15, 0.2) is 52.9 Å². The zero-order valence-electron chi connectivity index (χ0n) is 18.7. The van der Waals surface area contributed by atoms with Crippen LogP contribution >= 0.6 is 0 Å². The highest BCUT2D eigenvalue weighted by Gasteiger charge is 2.34. The molecule has 0 saturated heterocycles. The fraction of sp³-hybridized carbons (Fsp3) is 0.222. The summed E-state index contributed by atoms with van der Waals surface area (Å²) in [7, 11) is 3.08. The van der Waals surface area contributed by atoms with E-state index in [4.69, 9.17) is 13.9 Å². The molecule has 0 amide bonds. The number of carbonyl (C=O) groups excluding carboxylic acids is 1.